The Kier molecular flexibility index (Phi) is 6.92. The molecule has 1 rings (SSSR count). The zero-order valence-corrected chi connectivity index (χ0v) is 10.8. The molecule has 0 saturated carbocycles. The maximum Gasteiger partial charge on any atom is 0.257 e. The van der Waals surface area contributed by atoms with Gasteiger partial charge in [0.15, 0.2) is 0 Å². The molecule has 0 spiro atoms. The number of rotatable bonds is 3. The maximum atomic E-state index is 12.0. The molecular formula is C9H15ClF2N2S. The van der Waals surface area contributed by atoms with Crippen molar-refractivity contribution in [2.24, 2.45) is 0 Å². The van der Waals surface area contributed by atoms with Crippen molar-refractivity contribution in [2.75, 3.05) is 0 Å². The zero-order valence-electron chi connectivity index (χ0n) is 9.22. The van der Waals surface area contributed by atoms with E-state index in [0.717, 1.165) is 15.9 Å². The van der Waals surface area contributed by atoms with E-state index < -0.39 is 6.43 Å². The van der Waals surface area contributed by atoms with Gasteiger partial charge in [0.1, 0.15) is 6.54 Å². The average Bonchev–Trinajstić information content (AvgIpc) is 2.44. The van der Waals surface area contributed by atoms with E-state index in [2.05, 4.69) is 5.10 Å². The minimum Gasteiger partial charge on any atom is -0.263 e. The molecule has 0 amide bonds. The summed E-state index contributed by atoms with van der Waals surface area (Å²) < 4.78 is 25.4. The fourth-order valence-corrected chi connectivity index (χ4v) is 2.14. The first-order chi connectivity index (χ1) is 7.06. The number of alkyl halides is 2. The lowest BCUT2D eigenvalue weighted by molar-refractivity contribution is 0.120. The minimum atomic E-state index is -2.38. The average molecular weight is 257 g/mol. The van der Waals surface area contributed by atoms with Gasteiger partial charge in [0.05, 0.1) is 16.3 Å². The van der Waals surface area contributed by atoms with Crippen LogP contribution in [-0.4, -0.2) is 16.2 Å². The number of aryl methyl sites for hydroxylation is 1. The molecule has 0 radical (unpaired) electrons. The lowest BCUT2D eigenvalue weighted by Crippen LogP contribution is -2.09. The van der Waals surface area contributed by atoms with Gasteiger partial charge < -0.3 is 0 Å². The van der Waals surface area contributed by atoms with Crippen LogP contribution in [0.15, 0.2) is 4.90 Å². The Bertz CT molecular complexity index is 303. The molecule has 1 aromatic heterocycles. The van der Waals surface area contributed by atoms with Gasteiger partial charge in [0.2, 0.25) is 0 Å². The van der Waals surface area contributed by atoms with Gasteiger partial charge in [-0.1, -0.05) is 13.8 Å². The van der Waals surface area contributed by atoms with Gasteiger partial charge >= 0.3 is 0 Å². The lowest BCUT2D eigenvalue weighted by atomic mass is 10.4. The maximum absolute atomic E-state index is 12.0. The second-order valence-corrected chi connectivity index (χ2v) is 3.68. The Labute approximate surface area is 97.5 Å². The summed E-state index contributed by atoms with van der Waals surface area (Å²) in [6.07, 6.45) is -2.38. The molecular weight excluding hydrogens is 242 g/mol. The molecule has 0 aliphatic heterocycles. The highest BCUT2D eigenvalue weighted by Crippen LogP contribution is 2.28. The fourth-order valence-electron chi connectivity index (χ4n) is 1.10. The van der Waals surface area contributed by atoms with Gasteiger partial charge in [0, 0.05) is 0 Å². The molecule has 1 heterocycles. The molecule has 0 aliphatic carbocycles. The number of hydrogen-bond donors (Lipinski definition) is 0. The van der Waals surface area contributed by atoms with Crippen molar-refractivity contribution < 1.29 is 8.78 Å². The van der Waals surface area contributed by atoms with Crippen LogP contribution >= 0.6 is 21.7 Å². The third kappa shape index (κ3) is 3.99. The van der Waals surface area contributed by atoms with Crippen molar-refractivity contribution >= 4 is 21.7 Å². The molecule has 0 bridgehead atoms. The SMILES string of the molecule is CC.Cc1nn(CC(F)F)c(C)c1SCl. The van der Waals surface area contributed by atoms with Gasteiger partial charge in [-0.15, -0.1) is 0 Å². The van der Waals surface area contributed by atoms with Crippen LogP contribution in [0, 0.1) is 13.8 Å². The molecule has 2 nitrogen and oxygen atoms in total. The summed E-state index contributed by atoms with van der Waals surface area (Å²) in [5.74, 6) is 0. The van der Waals surface area contributed by atoms with Crippen LogP contribution in [0.2, 0.25) is 0 Å². The van der Waals surface area contributed by atoms with Gasteiger partial charge in [-0.05, 0) is 35.5 Å². The summed E-state index contributed by atoms with van der Waals surface area (Å²) >= 11 is 0. The Hall–Kier alpha value is -0.290. The summed E-state index contributed by atoms with van der Waals surface area (Å²) in [4.78, 5) is 0.766. The first kappa shape index (κ1) is 14.7. The molecule has 0 aromatic carbocycles. The predicted octanol–water partition coefficient (Wildman–Crippen LogP) is 4.04. The molecule has 0 atom stereocenters. The van der Waals surface area contributed by atoms with Crippen LogP contribution in [0.25, 0.3) is 0 Å². The van der Waals surface area contributed by atoms with E-state index in [1.807, 2.05) is 13.8 Å². The fraction of sp³-hybridized carbons (Fsp3) is 0.667. The first-order valence-corrected chi connectivity index (χ1v) is 6.31. The third-order valence-electron chi connectivity index (χ3n) is 1.70. The van der Waals surface area contributed by atoms with Crippen molar-refractivity contribution in [1.82, 2.24) is 9.78 Å². The summed E-state index contributed by atoms with van der Waals surface area (Å²) in [5, 5.41) is 3.95. The van der Waals surface area contributed by atoms with Crippen LogP contribution in [0.3, 0.4) is 0 Å². The quantitative estimate of drug-likeness (QED) is 0.812. The van der Waals surface area contributed by atoms with E-state index in [9.17, 15) is 8.78 Å². The predicted molar refractivity (Wildman–Crippen MR) is 60.8 cm³/mol. The highest BCUT2D eigenvalue weighted by atomic mass is 35.7. The van der Waals surface area contributed by atoms with Crippen molar-refractivity contribution in [3.8, 4) is 0 Å². The first-order valence-electron chi connectivity index (χ1n) is 4.67. The summed E-state index contributed by atoms with van der Waals surface area (Å²) in [6.45, 7) is 7.11. The van der Waals surface area contributed by atoms with Gasteiger partial charge in [-0.2, -0.15) is 5.10 Å². The summed E-state index contributed by atoms with van der Waals surface area (Å²) in [7, 11) is 6.58. The summed E-state index contributed by atoms with van der Waals surface area (Å²) in [5.41, 5.74) is 1.39. The lowest BCUT2D eigenvalue weighted by Gasteiger charge is -2.02. The highest BCUT2D eigenvalue weighted by molar-refractivity contribution is 8.21. The normalized spacial score (nSPS) is 10.1. The van der Waals surface area contributed by atoms with Crippen LogP contribution in [0.1, 0.15) is 25.2 Å². The van der Waals surface area contributed by atoms with Crippen LogP contribution in [-0.2, 0) is 6.54 Å². The highest BCUT2D eigenvalue weighted by Gasteiger charge is 2.14. The second-order valence-electron chi connectivity index (χ2n) is 2.65. The van der Waals surface area contributed by atoms with Crippen LogP contribution in [0.4, 0.5) is 8.78 Å². The van der Waals surface area contributed by atoms with E-state index in [0.29, 0.717) is 11.4 Å². The van der Waals surface area contributed by atoms with Crippen molar-refractivity contribution in [3.05, 3.63) is 11.4 Å². The number of aromatic nitrogens is 2. The number of nitrogens with zero attached hydrogens (tertiary/aromatic N) is 2. The van der Waals surface area contributed by atoms with E-state index in [-0.39, 0.29) is 6.54 Å². The molecule has 0 aliphatic rings. The molecule has 0 saturated heterocycles. The van der Waals surface area contributed by atoms with E-state index in [4.69, 9.17) is 10.7 Å². The van der Waals surface area contributed by atoms with E-state index in [1.165, 1.54) is 4.68 Å². The van der Waals surface area contributed by atoms with Gasteiger partial charge in [0.25, 0.3) is 6.43 Å². The Morgan fingerprint density at radius 3 is 2.27 bits per heavy atom. The van der Waals surface area contributed by atoms with Crippen LogP contribution < -0.4 is 0 Å². The monoisotopic (exact) mass is 256 g/mol. The van der Waals surface area contributed by atoms with Crippen molar-refractivity contribution in [3.63, 3.8) is 0 Å². The second kappa shape index (κ2) is 7.06. The Balaban J connectivity index is 0.000000921. The van der Waals surface area contributed by atoms with E-state index in [1.54, 1.807) is 13.8 Å². The smallest absolute Gasteiger partial charge is 0.257 e. The molecule has 15 heavy (non-hydrogen) atoms. The topological polar surface area (TPSA) is 17.8 Å². The van der Waals surface area contributed by atoms with Gasteiger partial charge in [-0.25, -0.2) is 8.78 Å². The van der Waals surface area contributed by atoms with Crippen LogP contribution in [0.5, 0.6) is 0 Å². The largest absolute Gasteiger partial charge is 0.263 e. The third-order valence-corrected chi connectivity index (χ3v) is 2.91. The Morgan fingerprint density at radius 1 is 1.40 bits per heavy atom. The molecule has 1 aromatic rings. The molecule has 6 heteroatoms. The van der Waals surface area contributed by atoms with E-state index >= 15 is 0 Å². The van der Waals surface area contributed by atoms with Crippen molar-refractivity contribution in [1.29, 1.82) is 0 Å². The van der Waals surface area contributed by atoms with Gasteiger partial charge in [-0.3, -0.25) is 4.68 Å². The minimum absolute atomic E-state index is 0.371. The van der Waals surface area contributed by atoms with Crippen molar-refractivity contribution in [2.45, 2.75) is 45.6 Å². The molecule has 0 fully saturated rings. The zero-order chi connectivity index (χ0) is 12.0. The summed E-state index contributed by atoms with van der Waals surface area (Å²) in [6, 6.07) is 0. The Morgan fingerprint density at radius 2 is 1.93 bits per heavy atom. The molecule has 88 valence electrons. The standard InChI is InChI=1S/C7H9ClF2N2S.C2H6/c1-4-7(13-8)5(2)12(11-4)3-6(9)10;1-2/h6H,3H2,1-2H3;1-2H3. The number of hydrogen-bond acceptors (Lipinski definition) is 2. The molecule has 0 unspecified atom stereocenters. The number of halogens is 3. The molecule has 0 N–H and O–H groups in total.